The van der Waals surface area contributed by atoms with Crippen molar-refractivity contribution >= 4 is 80.0 Å². The smallest absolute Gasteiger partial charge is 0.257 e. The number of furan rings is 1. The molecule has 6 aromatic rings. The number of rotatable bonds is 2. The lowest BCUT2D eigenvalue weighted by atomic mass is 9.33. The van der Waals surface area contributed by atoms with Crippen molar-refractivity contribution in [3.8, 4) is 0 Å². The van der Waals surface area contributed by atoms with Crippen LogP contribution in [-0.4, -0.2) is 6.71 Å². The van der Waals surface area contributed by atoms with E-state index in [0.717, 1.165) is 0 Å². The number of hydrogen-bond donors (Lipinski definition) is 0. The zero-order valence-electron chi connectivity index (χ0n) is 42.7. The second-order valence-electron chi connectivity index (χ2n) is 17.1. The van der Waals surface area contributed by atoms with Crippen LogP contribution in [-0.2, 0) is 31.1 Å². The van der Waals surface area contributed by atoms with Gasteiger partial charge in [0.25, 0.3) is 6.71 Å². The summed E-state index contributed by atoms with van der Waals surface area (Å²) >= 11 is 7.16. The van der Waals surface area contributed by atoms with Gasteiger partial charge in [-0.25, -0.2) is 0 Å². The van der Waals surface area contributed by atoms with Gasteiger partial charge in [-0.05, 0) is 129 Å². The van der Waals surface area contributed by atoms with Gasteiger partial charge < -0.3 is 9.32 Å². The van der Waals surface area contributed by atoms with Crippen LogP contribution < -0.4 is 26.2 Å². The molecule has 51 heavy (non-hydrogen) atoms. The molecule has 2 aliphatic carbocycles. The Hall–Kier alpha value is -4.41. The van der Waals surface area contributed by atoms with E-state index < -0.39 is 48.4 Å². The Kier molecular flexibility index (Phi) is 4.18. The van der Waals surface area contributed by atoms with Gasteiger partial charge in [0.05, 0.1) is 17.8 Å². The van der Waals surface area contributed by atoms with Crippen molar-refractivity contribution < 1.29 is 22.2 Å². The first-order valence-corrected chi connectivity index (χ1v) is 17.9. The SMILES string of the molecule is [2H]c1c([2H])c(N2c3cc(Cl)cc4c3B(c3c([2H])c5c(c([2H])c32)CC(C)(C)C5)c2c(oc3c([2H])c([2H])c([2H])c([2H])c23)N4c2c([2H])c([2H])c(C(C)(C)C)c([2H])c2[2H])c([2H])c2c1CC(C)(C)C2. The minimum Gasteiger partial charge on any atom is -0.440 e. The summed E-state index contributed by atoms with van der Waals surface area (Å²) in [5.74, 6) is -0.126. The van der Waals surface area contributed by atoms with Crippen LogP contribution in [0.2, 0.25) is 5.02 Å². The molecule has 0 saturated heterocycles. The summed E-state index contributed by atoms with van der Waals surface area (Å²) in [6.45, 7) is 12.5. The standard InChI is InChI=1S/C46H44BClN2O/c1-44(2,3)31-13-16-33(17-14-31)50-39-22-32(48)21-38-42(39)47(41-35-10-8-9-11-40(35)51-43(41)50)36-19-29-25-46(6,7)26-30(29)20-37(36)49(38)34-15-12-27-23-45(4,5)24-28(27)18-34/h8-22H,23-26H2,1-7H3/i8D,9D,10D,11D,12D,13D,14D,15D,16D,17D,18D,19D,20D. The molecule has 0 unspecified atom stereocenters. The lowest BCUT2D eigenvalue weighted by Gasteiger charge is -2.43. The van der Waals surface area contributed by atoms with Gasteiger partial charge in [-0.3, -0.25) is 4.90 Å². The monoisotopic (exact) mass is 699 g/mol. The van der Waals surface area contributed by atoms with Crippen molar-refractivity contribution in [1.82, 2.24) is 0 Å². The lowest BCUT2D eigenvalue weighted by Crippen LogP contribution is -2.61. The Balaban J connectivity index is 1.43. The third kappa shape index (κ3) is 4.71. The van der Waals surface area contributed by atoms with Crippen LogP contribution in [0.25, 0.3) is 11.0 Å². The molecule has 0 amide bonds. The quantitative estimate of drug-likeness (QED) is 0.168. The zero-order chi connectivity index (χ0) is 46.5. The molecule has 0 spiro atoms. The number of para-hydroxylation sites is 1. The van der Waals surface area contributed by atoms with Crippen LogP contribution in [0.4, 0.5) is 34.3 Å². The highest BCUT2D eigenvalue weighted by Gasteiger charge is 2.47. The highest BCUT2D eigenvalue weighted by molar-refractivity contribution is 7.01. The predicted molar refractivity (Wildman–Crippen MR) is 216 cm³/mol. The maximum Gasteiger partial charge on any atom is 0.257 e. The maximum atomic E-state index is 10.2. The molecule has 10 rings (SSSR count). The molecule has 0 atom stereocenters. The fraction of sp³-hybridized carbons (Fsp3) is 0.304. The average molecular weight is 700 g/mol. The fourth-order valence-corrected chi connectivity index (χ4v) is 8.81. The Morgan fingerprint density at radius 1 is 0.686 bits per heavy atom. The summed E-state index contributed by atoms with van der Waals surface area (Å²) in [5, 5.41) is 0.0912. The number of halogens is 1. The summed E-state index contributed by atoms with van der Waals surface area (Å²) in [6.07, 6.45) is 1.89. The van der Waals surface area contributed by atoms with E-state index in [9.17, 15) is 13.7 Å². The van der Waals surface area contributed by atoms with E-state index in [-0.39, 0.29) is 120 Å². The summed E-state index contributed by atoms with van der Waals surface area (Å²) in [5.41, 5.74) is 2.20. The van der Waals surface area contributed by atoms with Gasteiger partial charge in [0.1, 0.15) is 5.58 Å². The molecule has 3 nitrogen and oxygen atoms in total. The molecule has 0 bridgehead atoms. The summed E-state index contributed by atoms with van der Waals surface area (Å²) in [6, 6.07) is -0.457. The highest BCUT2D eigenvalue weighted by Crippen LogP contribution is 2.49. The van der Waals surface area contributed by atoms with Gasteiger partial charge >= 0.3 is 0 Å². The second kappa shape index (κ2) is 10.4. The molecule has 3 heterocycles. The third-order valence-corrected chi connectivity index (χ3v) is 11.0. The van der Waals surface area contributed by atoms with Crippen molar-refractivity contribution in [2.24, 2.45) is 10.8 Å². The molecular weight excluding hydrogens is 643 g/mol. The van der Waals surface area contributed by atoms with Crippen molar-refractivity contribution in [1.29, 1.82) is 0 Å². The fourth-order valence-electron chi connectivity index (χ4n) is 8.61. The molecule has 5 aromatic carbocycles. The molecule has 1 aromatic heterocycles. The van der Waals surface area contributed by atoms with Crippen molar-refractivity contribution in [2.75, 3.05) is 9.80 Å². The van der Waals surface area contributed by atoms with E-state index in [2.05, 4.69) is 27.7 Å². The Morgan fingerprint density at radius 3 is 2.00 bits per heavy atom. The van der Waals surface area contributed by atoms with E-state index in [1.54, 1.807) is 37.8 Å². The normalized spacial score (nSPS) is 21.3. The van der Waals surface area contributed by atoms with Crippen LogP contribution in [0, 0.1) is 10.8 Å². The van der Waals surface area contributed by atoms with Gasteiger partial charge in [0, 0.05) is 44.3 Å². The minimum absolute atomic E-state index is 0.0000410. The molecule has 2 aliphatic heterocycles. The highest BCUT2D eigenvalue weighted by atomic mass is 35.5. The molecular formula is C46H44BClN2O. The molecule has 0 radical (unpaired) electrons. The number of anilines is 6. The van der Waals surface area contributed by atoms with E-state index >= 15 is 0 Å². The summed E-state index contributed by atoms with van der Waals surface area (Å²) < 4.78 is 129. The molecule has 0 N–H and O–H groups in total. The van der Waals surface area contributed by atoms with E-state index in [0.29, 0.717) is 53.4 Å². The summed E-state index contributed by atoms with van der Waals surface area (Å²) in [7, 11) is 0. The lowest BCUT2D eigenvalue weighted by molar-refractivity contribution is 0.392. The maximum absolute atomic E-state index is 10.2. The molecule has 4 aliphatic rings. The largest absolute Gasteiger partial charge is 0.440 e. The number of hydrogen-bond acceptors (Lipinski definition) is 3. The molecule has 0 saturated carbocycles. The van der Waals surface area contributed by atoms with Gasteiger partial charge in [-0.15, -0.1) is 0 Å². The van der Waals surface area contributed by atoms with Gasteiger partial charge in [0.15, 0.2) is 0 Å². The summed E-state index contributed by atoms with van der Waals surface area (Å²) in [4.78, 5) is 2.99. The van der Waals surface area contributed by atoms with Crippen LogP contribution in [0.5, 0.6) is 0 Å². The first kappa shape index (κ1) is 20.6. The van der Waals surface area contributed by atoms with E-state index in [1.165, 1.54) is 4.90 Å². The van der Waals surface area contributed by atoms with E-state index in [1.807, 2.05) is 0 Å². The van der Waals surface area contributed by atoms with Crippen LogP contribution >= 0.6 is 11.6 Å². The van der Waals surface area contributed by atoms with Crippen molar-refractivity contribution in [3.63, 3.8) is 0 Å². The van der Waals surface area contributed by atoms with Gasteiger partial charge in [0.2, 0.25) is 5.88 Å². The topological polar surface area (TPSA) is 19.6 Å². The van der Waals surface area contributed by atoms with Crippen molar-refractivity contribution in [2.45, 2.75) is 79.6 Å². The minimum atomic E-state index is -1.11. The third-order valence-electron chi connectivity index (χ3n) is 10.8. The molecule has 254 valence electrons. The second-order valence-corrected chi connectivity index (χ2v) is 17.6. The number of benzene rings is 5. The molecule has 0 fully saturated rings. The Labute approximate surface area is 325 Å². The van der Waals surface area contributed by atoms with Gasteiger partial charge in [-0.1, -0.05) is 102 Å². The van der Waals surface area contributed by atoms with Crippen LogP contribution in [0.15, 0.2) is 95.1 Å². The predicted octanol–water partition coefficient (Wildman–Crippen LogP) is 10.7. The van der Waals surface area contributed by atoms with Crippen LogP contribution in [0.3, 0.4) is 0 Å². The van der Waals surface area contributed by atoms with Crippen LogP contribution in [0.1, 0.15) is 94.1 Å². The molecule has 5 heteroatoms. The van der Waals surface area contributed by atoms with Gasteiger partial charge in [-0.2, -0.15) is 0 Å². The van der Waals surface area contributed by atoms with Crippen molar-refractivity contribution in [3.05, 3.63) is 124 Å². The van der Waals surface area contributed by atoms with E-state index in [4.69, 9.17) is 20.1 Å². The Bertz CT molecular complexity index is 3160. The first-order valence-electron chi connectivity index (χ1n) is 24.0. The average Bonchev–Trinajstić information content (AvgIpc) is 3.88. The number of fused-ring (bicyclic) bond motifs is 8. The first-order chi connectivity index (χ1) is 29.7. The Morgan fingerprint density at radius 2 is 1.29 bits per heavy atom. The zero-order valence-corrected chi connectivity index (χ0v) is 30.5. The number of nitrogens with zero attached hydrogens (tertiary/aromatic N) is 2.